The van der Waals surface area contributed by atoms with Gasteiger partial charge < -0.3 is 10.2 Å². The lowest BCUT2D eigenvalue weighted by atomic mass is 9.71. The first-order valence-corrected chi connectivity index (χ1v) is 11.8. The molecule has 32 heavy (non-hydrogen) atoms. The van der Waals surface area contributed by atoms with E-state index >= 15 is 0 Å². The summed E-state index contributed by atoms with van der Waals surface area (Å²) in [4.78, 5) is 27.9. The number of hydrogen-bond donors (Lipinski definition) is 1. The van der Waals surface area contributed by atoms with Crippen molar-refractivity contribution in [2.75, 3.05) is 20.1 Å². The summed E-state index contributed by atoms with van der Waals surface area (Å²) >= 11 is 0. The second-order valence-corrected chi connectivity index (χ2v) is 9.36. The van der Waals surface area contributed by atoms with Gasteiger partial charge in [-0.15, -0.1) is 0 Å². The van der Waals surface area contributed by atoms with Crippen LogP contribution < -0.4 is 5.32 Å². The number of benzene rings is 2. The van der Waals surface area contributed by atoms with Crippen LogP contribution in [0.15, 0.2) is 60.7 Å². The van der Waals surface area contributed by atoms with Crippen LogP contribution in [-0.4, -0.2) is 36.9 Å². The van der Waals surface area contributed by atoms with Crippen LogP contribution in [0.4, 0.5) is 0 Å². The van der Waals surface area contributed by atoms with E-state index < -0.39 is 5.41 Å². The first-order valence-electron chi connectivity index (χ1n) is 11.8. The summed E-state index contributed by atoms with van der Waals surface area (Å²) in [6.07, 6.45) is 9.19. The number of rotatable bonds is 6. The number of hydrogen-bond acceptors (Lipinski definition) is 2. The first-order chi connectivity index (χ1) is 15.5. The van der Waals surface area contributed by atoms with Crippen molar-refractivity contribution in [2.45, 2.75) is 45.4 Å². The fraction of sp³-hybridized carbons (Fsp3) is 0.429. The molecule has 4 nitrogen and oxygen atoms in total. The molecule has 2 aromatic carbocycles. The maximum Gasteiger partial charge on any atom is 0.226 e. The van der Waals surface area contributed by atoms with Gasteiger partial charge in [-0.25, -0.2) is 0 Å². The van der Waals surface area contributed by atoms with Crippen LogP contribution in [0.25, 0.3) is 11.1 Å². The van der Waals surface area contributed by atoms with E-state index in [9.17, 15) is 9.59 Å². The Bertz CT molecular complexity index is 1000. The molecule has 2 aliphatic rings. The molecule has 1 atom stereocenters. The molecule has 1 saturated heterocycles. The zero-order valence-corrected chi connectivity index (χ0v) is 19.3. The SMILES string of the molecule is CNC(=O)C1(Cc2ccccc2-c2ccccc2C)CCN(C(=O)CC2C=CCC2)CC1. The van der Waals surface area contributed by atoms with Crippen molar-refractivity contribution in [3.8, 4) is 11.1 Å². The Morgan fingerprint density at radius 1 is 1.03 bits per heavy atom. The zero-order valence-electron chi connectivity index (χ0n) is 19.3. The number of nitrogens with one attached hydrogen (secondary N) is 1. The summed E-state index contributed by atoms with van der Waals surface area (Å²) in [5.74, 6) is 0.699. The van der Waals surface area contributed by atoms with Crippen LogP contribution in [0.2, 0.25) is 0 Å². The maximum atomic E-state index is 13.1. The number of aryl methyl sites for hydroxylation is 1. The van der Waals surface area contributed by atoms with Gasteiger partial charge in [-0.3, -0.25) is 9.59 Å². The van der Waals surface area contributed by atoms with Gasteiger partial charge in [-0.2, -0.15) is 0 Å². The molecule has 1 N–H and O–H groups in total. The van der Waals surface area contributed by atoms with Crippen LogP contribution in [-0.2, 0) is 16.0 Å². The largest absolute Gasteiger partial charge is 0.359 e. The van der Waals surface area contributed by atoms with Gasteiger partial charge in [0.2, 0.25) is 11.8 Å². The molecular weight excluding hydrogens is 396 g/mol. The third kappa shape index (κ3) is 4.64. The van der Waals surface area contributed by atoms with Crippen molar-refractivity contribution in [3.63, 3.8) is 0 Å². The van der Waals surface area contributed by atoms with Crippen molar-refractivity contribution < 1.29 is 9.59 Å². The normalized spacial score (nSPS) is 19.7. The number of allylic oxidation sites excluding steroid dienone is 2. The predicted molar refractivity (Wildman–Crippen MR) is 129 cm³/mol. The van der Waals surface area contributed by atoms with Gasteiger partial charge in [-0.05, 0) is 67.2 Å². The lowest BCUT2D eigenvalue weighted by molar-refractivity contribution is -0.140. The predicted octanol–water partition coefficient (Wildman–Crippen LogP) is 4.92. The van der Waals surface area contributed by atoms with E-state index in [1.807, 2.05) is 4.90 Å². The molecule has 1 unspecified atom stereocenters. The van der Waals surface area contributed by atoms with Crippen LogP contribution >= 0.6 is 0 Å². The number of nitrogens with zero attached hydrogens (tertiary/aromatic N) is 1. The Morgan fingerprint density at radius 2 is 1.72 bits per heavy atom. The molecule has 168 valence electrons. The molecular formula is C28H34N2O2. The van der Waals surface area contributed by atoms with Gasteiger partial charge in [0.05, 0.1) is 5.41 Å². The quantitative estimate of drug-likeness (QED) is 0.662. The third-order valence-corrected chi connectivity index (χ3v) is 7.31. The Labute approximate surface area is 191 Å². The van der Waals surface area contributed by atoms with E-state index in [0.29, 0.717) is 44.7 Å². The van der Waals surface area contributed by atoms with Crippen LogP contribution in [0, 0.1) is 18.3 Å². The number of likely N-dealkylation sites (tertiary alicyclic amines) is 1. The Kier molecular flexibility index (Phi) is 6.78. The zero-order chi connectivity index (χ0) is 22.6. The molecule has 1 aliphatic carbocycles. The fourth-order valence-corrected chi connectivity index (χ4v) is 5.33. The Balaban J connectivity index is 1.53. The molecule has 4 rings (SSSR count). The Hall–Kier alpha value is -2.88. The Morgan fingerprint density at radius 3 is 2.38 bits per heavy atom. The molecule has 1 fully saturated rings. The van der Waals surface area contributed by atoms with E-state index in [1.54, 1.807) is 7.05 Å². The molecule has 2 aromatic rings. The molecule has 0 spiro atoms. The van der Waals surface area contributed by atoms with Crippen molar-refractivity contribution >= 4 is 11.8 Å². The van der Waals surface area contributed by atoms with Crippen molar-refractivity contribution in [1.29, 1.82) is 0 Å². The minimum Gasteiger partial charge on any atom is -0.359 e. The highest BCUT2D eigenvalue weighted by molar-refractivity contribution is 5.84. The van der Waals surface area contributed by atoms with Gasteiger partial charge in [0, 0.05) is 26.6 Å². The number of carbonyl (C=O) groups is 2. The maximum absolute atomic E-state index is 13.1. The standard InChI is InChI=1S/C28H34N2O2/c1-21-9-3-7-13-24(21)25-14-8-6-12-23(25)20-28(27(32)29-2)15-17-30(18-16-28)26(31)19-22-10-4-5-11-22/h3-4,6-10,12-14,22H,5,11,15-20H2,1-2H3,(H,29,32). The molecule has 0 radical (unpaired) electrons. The highest BCUT2D eigenvalue weighted by atomic mass is 16.2. The minimum atomic E-state index is -0.489. The molecule has 1 heterocycles. The lowest BCUT2D eigenvalue weighted by Gasteiger charge is -2.41. The first kappa shape index (κ1) is 22.3. The van der Waals surface area contributed by atoms with Crippen molar-refractivity contribution in [3.05, 3.63) is 71.8 Å². The summed E-state index contributed by atoms with van der Waals surface area (Å²) in [5, 5.41) is 2.92. The van der Waals surface area contributed by atoms with Crippen LogP contribution in [0.3, 0.4) is 0 Å². The summed E-state index contributed by atoms with van der Waals surface area (Å²) in [6, 6.07) is 16.8. The van der Waals surface area contributed by atoms with E-state index in [4.69, 9.17) is 0 Å². The van der Waals surface area contributed by atoms with Gasteiger partial charge in [0.15, 0.2) is 0 Å². The molecule has 0 bridgehead atoms. The summed E-state index contributed by atoms with van der Waals surface area (Å²) in [7, 11) is 1.72. The molecule has 4 heteroatoms. The second kappa shape index (κ2) is 9.72. The highest BCUT2D eigenvalue weighted by Crippen LogP contribution is 2.39. The summed E-state index contributed by atoms with van der Waals surface area (Å²) in [6.45, 7) is 3.43. The van der Waals surface area contributed by atoms with Crippen molar-refractivity contribution in [2.24, 2.45) is 11.3 Å². The van der Waals surface area contributed by atoms with Gasteiger partial charge in [0.25, 0.3) is 0 Å². The van der Waals surface area contributed by atoms with E-state index in [1.165, 1.54) is 22.3 Å². The fourth-order valence-electron chi connectivity index (χ4n) is 5.33. The smallest absolute Gasteiger partial charge is 0.226 e. The van der Waals surface area contributed by atoms with E-state index in [2.05, 4.69) is 72.9 Å². The molecule has 0 aromatic heterocycles. The summed E-state index contributed by atoms with van der Waals surface area (Å²) in [5.41, 5.74) is 4.35. The second-order valence-electron chi connectivity index (χ2n) is 9.36. The average Bonchev–Trinajstić information content (AvgIpc) is 3.33. The van der Waals surface area contributed by atoms with Gasteiger partial charge in [-0.1, -0.05) is 60.7 Å². The van der Waals surface area contributed by atoms with E-state index in [-0.39, 0.29) is 11.8 Å². The van der Waals surface area contributed by atoms with Crippen molar-refractivity contribution in [1.82, 2.24) is 10.2 Å². The number of carbonyl (C=O) groups excluding carboxylic acids is 2. The third-order valence-electron chi connectivity index (χ3n) is 7.31. The molecule has 0 saturated carbocycles. The van der Waals surface area contributed by atoms with Gasteiger partial charge >= 0.3 is 0 Å². The van der Waals surface area contributed by atoms with Crippen LogP contribution in [0.1, 0.15) is 43.2 Å². The summed E-state index contributed by atoms with van der Waals surface area (Å²) < 4.78 is 0. The number of amides is 2. The molecule has 2 amide bonds. The van der Waals surface area contributed by atoms with Gasteiger partial charge in [0.1, 0.15) is 0 Å². The van der Waals surface area contributed by atoms with E-state index in [0.717, 1.165) is 12.8 Å². The topological polar surface area (TPSA) is 49.4 Å². The lowest BCUT2D eigenvalue weighted by Crippen LogP contribution is -2.50. The minimum absolute atomic E-state index is 0.0860. The highest BCUT2D eigenvalue weighted by Gasteiger charge is 2.42. The number of piperidine rings is 1. The van der Waals surface area contributed by atoms with Crippen LogP contribution in [0.5, 0.6) is 0 Å². The molecule has 1 aliphatic heterocycles. The average molecular weight is 431 g/mol. The monoisotopic (exact) mass is 430 g/mol.